The van der Waals surface area contributed by atoms with Gasteiger partial charge in [-0.2, -0.15) is 0 Å². The van der Waals surface area contributed by atoms with Crippen molar-refractivity contribution in [2.24, 2.45) is 50.2 Å². The van der Waals surface area contributed by atoms with Gasteiger partial charge in [-0.25, -0.2) is 0 Å². The Morgan fingerprint density at radius 2 is 1.01 bits per heavy atom. The molecule has 24 heteroatoms. The SMILES string of the molecule is CC1(C)CC[C@]2(C(=O)OC3OC(CO)C(O)C(O)C3O)CC[C@]3(C)C(=CCC4[C@@]5(C)CCC(OC6OC(CO)C(O)C(OC7OC(CO)C(O)C(O)C7O)C6OC6OC(CO)C(O)C(O)C6O)[C@@](C)(CO)C5CC[C@]43C)C2C1. The first-order valence-corrected chi connectivity index (χ1v) is 28.0. The molecule has 78 heavy (non-hydrogen) atoms. The molecule has 0 aromatic rings. The van der Waals surface area contributed by atoms with E-state index < -0.39 is 183 Å². The third-order valence-electron chi connectivity index (χ3n) is 21.6. The fraction of sp³-hybridized carbons (Fsp3) is 0.944. The first-order chi connectivity index (χ1) is 36.6. The number of carbonyl (C=O) groups is 1. The van der Waals surface area contributed by atoms with Gasteiger partial charge in [0, 0.05) is 5.41 Å². The summed E-state index contributed by atoms with van der Waals surface area (Å²) < 4.78 is 48.7. The highest BCUT2D eigenvalue weighted by Gasteiger charge is 2.71. The molecule has 8 fully saturated rings. The highest BCUT2D eigenvalue weighted by Crippen LogP contribution is 2.76. The molecule has 9 rings (SSSR count). The van der Waals surface area contributed by atoms with Gasteiger partial charge >= 0.3 is 5.97 Å². The Kier molecular flexibility index (Phi) is 17.5. The summed E-state index contributed by atoms with van der Waals surface area (Å²) in [5.74, 6) is -0.919. The molecule has 4 aliphatic heterocycles. The lowest BCUT2D eigenvalue weighted by Crippen LogP contribution is -2.69. The van der Waals surface area contributed by atoms with Crippen LogP contribution in [0, 0.1) is 50.2 Å². The molecule has 0 radical (unpaired) electrons. The maximum absolute atomic E-state index is 14.8. The molecule has 0 bridgehead atoms. The highest BCUT2D eigenvalue weighted by molar-refractivity contribution is 5.79. The van der Waals surface area contributed by atoms with Crippen molar-refractivity contribution in [1.29, 1.82) is 0 Å². The average Bonchev–Trinajstić information content (AvgIpc) is 3.41. The predicted octanol–water partition coefficient (Wildman–Crippen LogP) is -3.06. The Bertz CT molecular complexity index is 2130. The number of allylic oxidation sites excluding steroid dienone is 2. The molecule has 5 aliphatic carbocycles. The number of carbonyl (C=O) groups excluding carboxylic acids is 1. The molecule has 24 unspecified atom stereocenters. The molecule has 4 saturated heterocycles. The normalized spacial score (nSPS) is 54.1. The summed E-state index contributed by atoms with van der Waals surface area (Å²) in [6.45, 7) is 9.78. The Morgan fingerprint density at radius 1 is 0.526 bits per heavy atom. The van der Waals surface area contributed by atoms with E-state index in [-0.39, 0.29) is 35.2 Å². The molecule has 24 nitrogen and oxygen atoms in total. The first-order valence-electron chi connectivity index (χ1n) is 28.0. The second kappa shape index (κ2) is 22.4. The number of hydrogen-bond donors (Lipinski definition) is 15. The smallest absolute Gasteiger partial charge is 0.315 e. The molecule has 448 valence electrons. The summed E-state index contributed by atoms with van der Waals surface area (Å²) in [5, 5.41) is 161. The van der Waals surface area contributed by atoms with E-state index in [9.17, 15) is 81.4 Å². The summed E-state index contributed by atoms with van der Waals surface area (Å²) in [6, 6.07) is 0. The van der Waals surface area contributed by atoms with Crippen molar-refractivity contribution in [2.45, 2.75) is 235 Å². The van der Waals surface area contributed by atoms with Crippen LogP contribution in [0.4, 0.5) is 0 Å². The van der Waals surface area contributed by atoms with Gasteiger partial charge in [0.25, 0.3) is 0 Å². The third kappa shape index (κ3) is 9.76. The van der Waals surface area contributed by atoms with Crippen LogP contribution in [0.15, 0.2) is 11.6 Å². The molecule has 0 aromatic heterocycles. The maximum Gasteiger partial charge on any atom is 0.315 e. The van der Waals surface area contributed by atoms with Gasteiger partial charge in [-0.05, 0) is 104 Å². The number of rotatable bonds is 13. The summed E-state index contributed by atoms with van der Waals surface area (Å²) in [6.07, 6.45) is -26.8. The number of hydrogen-bond acceptors (Lipinski definition) is 24. The van der Waals surface area contributed by atoms with E-state index in [2.05, 4.69) is 40.7 Å². The van der Waals surface area contributed by atoms with Crippen LogP contribution in [0.3, 0.4) is 0 Å². The lowest BCUT2D eigenvalue weighted by atomic mass is 9.33. The number of esters is 1. The first kappa shape index (κ1) is 60.9. The van der Waals surface area contributed by atoms with Gasteiger partial charge in [0.05, 0.1) is 44.6 Å². The molecule has 9 aliphatic rings. The van der Waals surface area contributed by atoms with Crippen molar-refractivity contribution in [3.8, 4) is 0 Å². The number of aliphatic hydroxyl groups is 15. The van der Waals surface area contributed by atoms with Crippen molar-refractivity contribution in [1.82, 2.24) is 0 Å². The highest BCUT2D eigenvalue weighted by atomic mass is 16.8. The largest absolute Gasteiger partial charge is 0.432 e. The van der Waals surface area contributed by atoms with Crippen molar-refractivity contribution in [2.75, 3.05) is 33.0 Å². The van der Waals surface area contributed by atoms with Crippen LogP contribution in [0.2, 0.25) is 0 Å². The van der Waals surface area contributed by atoms with Crippen LogP contribution in [-0.4, -0.2) is 245 Å². The van der Waals surface area contributed by atoms with Crippen molar-refractivity contribution < 1.29 is 119 Å². The molecule has 0 amide bonds. The zero-order valence-electron chi connectivity index (χ0n) is 45.4. The van der Waals surface area contributed by atoms with Gasteiger partial charge in [0.15, 0.2) is 18.9 Å². The Morgan fingerprint density at radius 3 is 1.55 bits per heavy atom. The van der Waals surface area contributed by atoms with E-state index in [1.54, 1.807) is 0 Å². The molecule has 4 saturated carbocycles. The standard InChI is InChI=1S/C54H88O24/c1-49(2)13-15-54(48(70)78-46-41(69)38(66)34(62)27(20-57)73-46)16-14-52(5)23(24(54)17-49)7-8-30-50(3)11-10-31(51(4,22-59)29(50)9-12-53(30,52)6)75-47-43(77-45-40(68)37(65)33(61)26(19-56)72-45)42(35(63)28(21-58)74-47)76-44-39(67)36(64)32(60)25(18-55)71-44/h7,24-47,55-69H,8-22H2,1-6H3/t24?,25?,26?,27?,28?,29?,30?,31?,32?,33?,34?,35?,36?,37?,38?,39?,40?,41?,42?,43?,44?,45?,46?,47?,50-,51-,52+,53+,54-/m0/s1. The van der Waals surface area contributed by atoms with Gasteiger partial charge in [-0.15, -0.1) is 0 Å². The molecule has 15 N–H and O–H groups in total. The second-order valence-corrected chi connectivity index (χ2v) is 26.1. The molecular formula is C54H88O24. The predicted molar refractivity (Wildman–Crippen MR) is 264 cm³/mol. The summed E-state index contributed by atoms with van der Waals surface area (Å²) in [5.41, 5.74) is -2.09. The Balaban J connectivity index is 1.01. The lowest BCUT2D eigenvalue weighted by molar-refractivity contribution is -0.400. The number of fused-ring (bicyclic) bond motifs is 7. The fourth-order valence-corrected chi connectivity index (χ4v) is 16.5. The zero-order chi connectivity index (χ0) is 57.0. The minimum atomic E-state index is -1.97. The monoisotopic (exact) mass is 1120 g/mol. The zero-order valence-corrected chi connectivity index (χ0v) is 45.4. The minimum absolute atomic E-state index is 0.0629. The second-order valence-electron chi connectivity index (χ2n) is 26.1. The van der Waals surface area contributed by atoms with Crippen LogP contribution < -0.4 is 0 Å². The van der Waals surface area contributed by atoms with Crippen LogP contribution in [-0.2, 0) is 42.7 Å². The van der Waals surface area contributed by atoms with E-state index in [0.717, 1.165) is 12.8 Å². The van der Waals surface area contributed by atoms with E-state index in [1.807, 2.05) is 6.92 Å². The average molecular weight is 1120 g/mol. The lowest BCUT2D eigenvalue weighted by Gasteiger charge is -2.71. The topological polar surface area (TPSA) is 394 Å². The van der Waals surface area contributed by atoms with Crippen LogP contribution in [0.25, 0.3) is 0 Å². The molecule has 0 spiro atoms. The fourth-order valence-electron chi connectivity index (χ4n) is 16.5. The summed E-state index contributed by atoms with van der Waals surface area (Å²) in [4.78, 5) is 14.8. The summed E-state index contributed by atoms with van der Waals surface area (Å²) >= 11 is 0. The molecule has 29 atom stereocenters. The van der Waals surface area contributed by atoms with Crippen LogP contribution in [0.5, 0.6) is 0 Å². The van der Waals surface area contributed by atoms with E-state index in [1.165, 1.54) is 5.57 Å². The number of aliphatic hydroxyl groups excluding tert-OH is 15. The minimum Gasteiger partial charge on any atom is -0.432 e. The van der Waals surface area contributed by atoms with E-state index in [0.29, 0.717) is 51.4 Å². The van der Waals surface area contributed by atoms with Gasteiger partial charge < -0.3 is 114 Å². The molecule has 4 heterocycles. The van der Waals surface area contributed by atoms with Crippen molar-refractivity contribution in [3.63, 3.8) is 0 Å². The Hall–Kier alpha value is -1.67. The van der Waals surface area contributed by atoms with Gasteiger partial charge in [-0.1, -0.05) is 53.2 Å². The Labute approximate surface area is 453 Å². The quantitative estimate of drug-likeness (QED) is 0.0494. The third-order valence-corrected chi connectivity index (χ3v) is 21.6. The number of ether oxygens (including phenoxy) is 8. The van der Waals surface area contributed by atoms with E-state index >= 15 is 0 Å². The van der Waals surface area contributed by atoms with Crippen molar-refractivity contribution >= 4 is 5.97 Å². The van der Waals surface area contributed by atoms with Crippen LogP contribution >= 0.6 is 0 Å². The summed E-state index contributed by atoms with van der Waals surface area (Å²) in [7, 11) is 0. The van der Waals surface area contributed by atoms with Gasteiger partial charge in [-0.3, -0.25) is 4.79 Å². The van der Waals surface area contributed by atoms with Gasteiger partial charge in [0.2, 0.25) is 6.29 Å². The molecule has 0 aromatic carbocycles. The maximum atomic E-state index is 14.8. The molecular weight excluding hydrogens is 1030 g/mol. The van der Waals surface area contributed by atoms with E-state index in [4.69, 9.17) is 37.9 Å². The van der Waals surface area contributed by atoms with Crippen LogP contribution in [0.1, 0.15) is 106 Å². The van der Waals surface area contributed by atoms with Crippen molar-refractivity contribution in [3.05, 3.63) is 11.6 Å². The van der Waals surface area contributed by atoms with Gasteiger partial charge in [0.1, 0.15) is 97.7 Å².